The predicted octanol–water partition coefficient (Wildman–Crippen LogP) is 4.78. The zero-order valence-electron chi connectivity index (χ0n) is 18.0. The standard InChI is InChI=1S/C24H29N5O/c1-16(2)22-20-13-19(30-11-10-28-8-4-5-9-28)6-7-21(20)27-23(22)18-12-17(3)24-25-15-26-29(24)14-18/h6-7,12-16,27H,4-5,8-11H2,1-3H3. The van der Waals surface area contributed by atoms with Gasteiger partial charge in [-0.25, -0.2) is 9.50 Å². The number of nitrogens with one attached hydrogen (secondary N) is 1. The Bertz CT molecular complexity index is 1180. The van der Waals surface area contributed by atoms with Crippen LogP contribution in [-0.2, 0) is 0 Å². The molecule has 0 saturated carbocycles. The molecule has 0 aliphatic carbocycles. The molecule has 1 aliphatic rings. The number of H-pyrrole nitrogens is 1. The van der Waals surface area contributed by atoms with Crippen LogP contribution in [0.3, 0.4) is 0 Å². The second-order valence-corrected chi connectivity index (χ2v) is 8.61. The minimum atomic E-state index is 0.375. The minimum Gasteiger partial charge on any atom is -0.492 e. The molecule has 0 spiro atoms. The lowest BCUT2D eigenvalue weighted by atomic mass is 9.96. The summed E-state index contributed by atoms with van der Waals surface area (Å²) in [5.74, 6) is 1.32. The second kappa shape index (κ2) is 7.76. The van der Waals surface area contributed by atoms with Gasteiger partial charge in [0.2, 0.25) is 0 Å². The molecule has 1 saturated heterocycles. The Balaban J connectivity index is 1.49. The molecular weight excluding hydrogens is 374 g/mol. The van der Waals surface area contributed by atoms with E-state index in [2.05, 4.69) is 71.2 Å². The Morgan fingerprint density at radius 1 is 1.17 bits per heavy atom. The van der Waals surface area contributed by atoms with E-state index in [0.717, 1.165) is 46.9 Å². The van der Waals surface area contributed by atoms with Gasteiger partial charge in [0.05, 0.1) is 5.69 Å². The van der Waals surface area contributed by atoms with Crippen LogP contribution in [0.4, 0.5) is 0 Å². The highest BCUT2D eigenvalue weighted by atomic mass is 16.5. The van der Waals surface area contributed by atoms with Gasteiger partial charge in [0.25, 0.3) is 0 Å². The zero-order chi connectivity index (χ0) is 20.7. The molecule has 1 aromatic carbocycles. The lowest BCUT2D eigenvalue weighted by Gasteiger charge is -2.15. The number of aromatic nitrogens is 4. The summed E-state index contributed by atoms with van der Waals surface area (Å²) < 4.78 is 7.97. The fourth-order valence-electron chi connectivity index (χ4n) is 4.64. The summed E-state index contributed by atoms with van der Waals surface area (Å²) in [7, 11) is 0. The molecule has 6 heteroatoms. The Morgan fingerprint density at radius 2 is 2.00 bits per heavy atom. The van der Waals surface area contributed by atoms with Crippen LogP contribution < -0.4 is 4.74 Å². The number of hydrogen-bond acceptors (Lipinski definition) is 4. The first-order valence-corrected chi connectivity index (χ1v) is 10.9. The van der Waals surface area contributed by atoms with Crippen LogP contribution in [0.1, 0.15) is 43.7 Å². The zero-order valence-corrected chi connectivity index (χ0v) is 18.0. The van der Waals surface area contributed by atoms with Crippen molar-refractivity contribution in [1.29, 1.82) is 0 Å². The normalized spacial score (nSPS) is 15.1. The van der Waals surface area contributed by atoms with E-state index < -0.39 is 0 Å². The minimum absolute atomic E-state index is 0.375. The van der Waals surface area contributed by atoms with Crippen LogP contribution in [0.15, 0.2) is 36.8 Å². The number of likely N-dealkylation sites (tertiary alicyclic amines) is 1. The molecule has 1 aliphatic heterocycles. The molecule has 0 bridgehead atoms. The summed E-state index contributed by atoms with van der Waals surface area (Å²) in [6.45, 7) is 10.7. The summed E-state index contributed by atoms with van der Waals surface area (Å²) >= 11 is 0. The first-order valence-electron chi connectivity index (χ1n) is 10.9. The summed E-state index contributed by atoms with van der Waals surface area (Å²) in [4.78, 5) is 10.5. The largest absolute Gasteiger partial charge is 0.492 e. The number of aryl methyl sites for hydroxylation is 1. The van der Waals surface area contributed by atoms with Crippen molar-refractivity contribution in [2.75, 3.05) is 26.2 Å². The second-order valence-electron chi connectivity index (χ2n) is 8.61. The maximum absolute atomic E-state index is 6.11. The third-order valence-electron chi connectivity index (χ3n) is 6.11. The topological polar surface area (TPSA) is 58.5 Å². The van der Waals surface area contributed by atoms with Crippen LogP contribution in [0.25, 0.3) is 27.8 Å². The molecule has 0 radical (unpaired) electrons. The van der Waals surface area contributed by atoms with Crippen LogP contribution in [-0.4, -0.2) is 50.7 Å². The van der Waals surface area contributed by atoms with Crippen molar-refractivity contribution in [2.24, 2.45) is 0 Å². The van der Waals surface area contributed by atoms with Gasteiger partial charge in [-0.2, -0.15) is 5.10 Å². The highest BCUT2D eigenvalue weighted by Gasteiger charge is 2.18. The molecule has 4 heterocycles. The van der Waals surface area contributed by atoms with Gasteiger partial charge >= 0.3 is 0 Å². The van der Waals surface area contributed by atoms with Gasteiger partial charge in [-0.05, 0) is 74.2 Å². The Kier molecular flexibility index (Phi) is 4.95. The lowest BCUT2D eigenvalue weighted by Crippen LogP contribution is -2.25. The van der Waals surface area contributed by atoms with Crippen molar-refractivity contribution in [2.45, 2.75) is 39.5 Å². The SMILES string of the molecule is Cc1cc(-c2[nH]c3ccc(OCCN4CCCC4)cc3c2C(C)C)cn2ncnc12. The fraction of sp³-hybridized carbons (Fsp3) is 0.417. The average molecular weight is 404 g/mol. The highest BCUT2D eigenvalue weighted by molar-refractivity contribution is 5.92. The van der Waals surface area contributed by atoms with Gasteiger partial charge < -0.3 is 9.72 Å². The first-order chi connectivity index (χ1) is 14.6. The summed E-state index contributed by atoms with van der Waals surface area (Å²) in [6.07, 6.45) is 6.29. The molecular formula is C24H29N5O. The van der Waals surface area contributed by atoms with E-state index in [4.69, 9.17) is 4.74 Å². The van der Waals surface area contributed by atoms with E-state index in [9.17, 15) is 0 Å². The molecule has 5 rings (SSSR count). The Labute approximate surface area is 176 Å². The lowest BCUT2D eigenvalue weighted by molar-refractivity contribution is 0.238. The van der Waals surface area contributed by atoms with Crippen molar-refractivity contribution in [3.63, 3.8) is 0 Å². The van der Waals surface area contributed by atoms with Gasteiger partial charge in [-0.3, -0.25) is 4.90 Å². The third-order valence-corrected chi connectivity index (χ3v) is 6.11. The summed E-state index contributed by atoms with van der Waals surface area (Å²) in [5, 5.41) is 5.57. The Hall–Kier alpha value is -2.86. The van der Waals surface area contributed by atoms with Gasteiger partial charge in [0.15, 0.2) is 5.65 Å². The van der Waals surface area contributed by atoms with Crippen LogP contribution in [0.5, 0.6) is 5.75 Å². The number of benzene rings is 1. The van der Waals surface area contributed by atoms with E-state index in [1.165, 1.54) is 36.9 Å². The molecule has 0 unspecified atom stereocenters. The van der Waals surface area contributed by atoms with Crippen molar-refractivity contribution < 1.29 is 4.74 Å². The molecule has 0 atom stereocenters. The third kappa shape index (κ3) is 3.45. The van der Waals surface area contributed by atoms with E-state index in [-0.39, 0.29) is 0 Å². The number of nitrogens with zero attached hydrogens (tertiary/aromatic N) is 4. The quantitative estimate of drug-likeness (QED) is 0.503. The number of hydrogen-bond donors (Lipinski definition) is 1. The first kappa shape index (κ1) is 19.1. The molecule has 1 fully saturated rings. The van der Waals surface area contributed by atoms with Crippen molar-refractivity contribution >= 4 is 16.6 Å². The van der Waals surface area contributed by atoms with Gasteiger partial charge in [-0.1, -0.05) is 13.8 Å². The van der Waals surface area contributed by atoms with Crippen molar-refractivity contribution in [3.8, 4) is 17.0 Å². The van der Waals surface area contributed by atoms with E-state index in [1.807, 2.05) is 4.52 Å². The summed E-state index contributed by atoms with van der Waals surface area (Å²) in [5.41, 5.74) is 6.74. The van der Waals surface area contributed by atoms with Crippen molar-refractivity contribution in [1.82, 2.24) is 24.5 Å². The molecule has 30 heavy (non-hydrogen) atoms. The molecule has 0 amide bonds. The van der Waals surface area contributed by atoms with Gasteiger partial charge in [0.1, 0.15) is 18.7 Å². The number of rotatable bonds is 6. The average Bonchev–Trinajstić information content (AvgIpc) is 3.46. The van der Waals surface area contributed by atoms with Gasteiger partial charge in [-0.15, -0.1) is 0 Å². The highest BCUT2D eigenvalue weighted by Crippen LogP contribution is 2.37. The molecule has 3 aromatic heterocycles. The molecule has 4 aromatic rings. The van der Waals surface area contributed by atoms with Crippen LogP contribution >= 0.6 is 0 Å². The smallest absolute Gasteiger partial charge is 0.158 e. The summed E-state index contributed by atoms with van der Waals surface area (Å²) in [6, 6.07) is 8.59. The predicted molar refractivity (Wildman–Crippen MR) is 120 cm³/mol. The van der Waals surface area contributed by atoms with Crippen molar-refractivity contribution in [3.05, 3.63) is 47.9 Å². The van der Waals surface area contributed by atoms with E-state index >= 15 is 0 Å². The van der Waals surface area contributed by atoms with E-state index in [1.54, 1.807) is 6.33 Å². The number of aromatic amines is 1. The molecule has 156 valence electrons. The number of ether oxygens (including phenoxy) is 1. The fourth-order valence-corrected chi connectivity index (χ4v) is 4.64. The van der Waals surface area contributed by atoms with Crippen LogP contribution in [0, 0.1) is 6.92 Å². The molecule has 1 N–H and O–H groups in total. The Morgan fingerprint density at radius 3 is 2.80 bits per heavy atom. The number of fused-ring (bicyclic) bond motifs is 2. The number of pyridine rings is 1. The van der Waals surface area contributed by atoms with E-state index in [0.29, 0.717) is 5.92 Å². The maximum Gasteiger partial charge on any atom is 0.158 e. The monoisotopic (exact) mass is 403 g/mol. The van der Waals surface area contributed by atoms with Gasteiger partial charge in [0, 0.05) is 29.2 Å². The molecule has 6 nitrogen and oxygen atoms in total. The van der Waals surface area contributed by atoms with Crippen LogP contribution in [0.2, 0.25) is 0 Å². The maximum atomic E-state index is 6.11.